The molecule has 3 nitrogen and oxygen atoms in total. The molecule has 0 bridgehead atoms. The lowest BCUT2D eigenvalue weighted by Gasteiger charge is -2.10. The molecule has 0 amide bonds. The topological polar surface area (TPSA) is 52.3 Å². The lowest BCUT2D eigenvalue weighted by Crippen LogP contribution is -2.26. The highest BCUT2D eigenvalue weighted by Gasteiger charge is 2.10. The first kappa shape index (κ1) is 15.4. The number of benzene rings is 1. The molecule has 0 saturated heterocycles. The molecule has 1 aromatic carbocycles. The first-order valence-corrected chi connectivity index (χ1v) is 5.48. The van der Waals surface area contributed by atoms with E-state index in [-0.39, 0.29) is 30.8 Å². The van der Waals surface area contributed by atoms with Gasteiger partial charge in [-0.1, -0.05) is 28.1 Å². The summed E-state index contributed by atoms with van der Waals surface area (Å²) in [7, 11) is 1.37. The fourth-order valence-electron chi connectivity index (χ4n) is 1.34. The number of hydrogen-bond acceptors (Lipinski definition) is 3. The minimum atomic E-state index is -0.266. The largest absolute Gasteiger partial charge is 0.469 e. The van der Waals surface area contributed by atoms with Crippen LogP contribution in [0.25, 0.3) is 0 Å². The molecule has 0 aliphatic rings. The maximum atomic E-state index is 11.0. The third-order valence-corrected chi connectivity index (χ3v) is 2.54. The van der Waals surface area contributed by atoms with Crippen LogP contribution in [0.15, 0.2) is 28.7 Å². The molecule has 1 rings (SSSR count). The van der Waals surface area contributed by atoms with Crippen LogP contribution in [0, 0.1) is 0 Å². The molecule has 1 atom stereocenters. The van der Waals surface area contributed by atoms with E-state index in [9.17, 15) is 4.79 Å². The maximum absolute atomic E-state index is 11.0. The molecule has 0 spiro atoms. The number of rotatable bonds is 4. The van der Waals surface area contributed by atoms with Gasteiger partial charge in [0.25, 0.3) is 0 Å². The second-order valence-electron chi connectivity index (χ2n) is 3.37. The summed E-state index contributed by atoms with van der Waals surface area (Å²) in [5.74, 6) is -0.266. The molecule has 90 valence electrons. The average Bonchev–Trinajstić information content (AvgIpc) is 2.17. The number of esters is 1. The lowest BCUT2D eigenvalue weighted by molar-refractivity contribution is -0.140. The smallest absolute Gasteiger partial charge is 0.307 e. The van der Waals surface area contributed by atoms with Crippen molar-refractivity contribution < 1.29 is 9.53 Å². The Morgan fingerprint density at radius 3 is 2.81 bits per heavy atom. The van der Waals surface area contributed by atoms with Gasteiger partial charge >= 0.3 is 5.97 Å². The molecule has 0 unspecified atom stereocenters. The van der Waals surface area contributed by atoms with Crippen molar-refractivity contribution in [3.8, 4) is 0 Å². The summed E-state index contributed by atoms with van der Waals surface area (Å²) in [5.41, 5.74) is 6.93. The monoisotopic (exact) mass is 307 g/mol. The van der Waals surface area contributed by atoms with Gasteiger partial charge in [-0.05, 0) is 24.1 Å². The van der Waals surface area contributed by atoms with E-state index in [4.69, 9.17) is 5.73 Å². The van der Waals surface area contributed by atoms with Crippen LogP contribution in [-0.2, 0) is 16.0 Å². The number of nitrogens with two attached hydrogens (primary N) is 1. The molecule has 0 aliphatic carbocycles. The zero-order valence-corrected chi connectivity index (χ0v) is 11.4. The van der Waals surface area contributed by atoms with Gasteiger partial charge in [0.15, 0.2) is 0 Å². The SMILES string of the molecule is COC(=O)C[C@@H](N)Cc1cccc(Br)c1.Cl. The van der Waals surface area contributed by atoms with Gasteiger partial charge in [0.2, 0.25) is 0 Å². The number of methoxy groups -OCH3 is 1. The predicted octanol–water partition coefficient (Wildman–Crippen LogP) is 2.30. The summed E-state index contributed by atoms with van der Waals surface area (Å²) < 4.78 is 5.57. The van der Waals surface area contributed by atoms with E-state index in [2.05, 4.69) is 20.7 Å². The van der Waals surface area contributed by atoms with Crippen molar-refractivity contribution in [3.05, 3.63) is 34.3 Å². The molecule has 2 N–H and O–H groups in total. The van der Waals surface area contributed by atoms with Crippen LogP contribution in [0.3, 0.4) is 0 Å². The van der Waals surface area contributed by atoms with Crippen LogP contribution >= 0.6 is 28.3 Å². The van der Waals surface area contributed by atoms with Gasteiger partial charge in [0, 0.05) is 10.5 Å². The Hall–Kier alpha value is -0.580. The summed E-state index contributed by atoms with van der Waals surface area (Å²) in [6, 6.07) is 7.70. The number of carbonyl (C=O) groups is 1. The Bertz CT molecular complexity index is 347. The molecule has 16 heavy (non-hydrogen) atoms. The molecule has 1 aromatic rings. The highest BCUT2D eigenvalue weighted by atomic mass is 79.9. The summed E-state index contributed by atoms with van der Waals surface area (Å²) >= 11 is 3.38. The van der Waals surface area contributed by atoms with Gasteiger partial charge in [-0.15, -0.1) is 12.4 Å². The Morgan fingerprint density at radius 1 is 1.56 bits per heavy atom. The van der Waals surface area contributed by atoms with Crippen molar-refractivity contribution >= 4 is 34.3 Å². The maximum Gasteiger partial charge on any atom is 0.307 e. The van der Waals surface area contributed by atoms with Crippen molar-refractivity contribution in [1.29, 1.82) is 0 Å². The minimum Gasteiger partial charge on any atom is -0.469 e. The summed E-state index contributed by atoms with van der Waals surface area (Å²) in [6.45, 7) is 0. The second kappa shape index (κ2) is 7.65. The fourth-order valence-corrected chi connectivity index (χ4v) is 1.78. The molecule has 0 radical (unpaired) electrons. The zero-order chi connectivity index (χ0) is 11.3. The van der Waals surface area contributed by atoms with Crippen LogP contribution in [0.1, 0.15) is 12.0 Å². The molecule has 5 heteroatoms. The minimum absolute atomic E-state index is 0. The molecular formula is C11H15BrClNO2. The number of hydrogen-bond donors (Lipinski definition) is 1. The van der Waals surface area contributed by atoms with Gasteiger partial charge in [-0.25, -0.2) is 0 Å². The highest BCUT2D eigenvalue weighted by molar-refractivity contribution is 9.10. The zero-order valence-electron chi connectivity index (χ0n) is 8.98. The summed E-state index contributed by atoms with van der Waals surface area (Å²) in [5, 5.41) is 0. The molecule has 0 aromatic heterocycles. The molecular weight excluding hydrogens is 293 g/mol. The molecule has 0 aliphatic heterocycles. The quantitative estimate of drug-likeness (QED) is 0.868. The second-order valence-corrected chi connectivity index (χ2v) is 4.29. The third kappa shape index (κ3) is 5.49. The van der Waals surface area contributed by atoms with Crippen molar-refractivity contribution in [2.24, 2.45) is 5.73 Å². The first-order valence-electron chi connectivity index (χ1n) is 4.68. The van der Waals surface area contributed by atoms with Crippen molar-refractivity contribution in [3.63, 3.8) is 0 Å². The van der Waals surface area contributed by atoms with Gasteiger partial charge in [-0.2, -0.15) is 0 Å². The van der Waals surface area contributed by atoms with E-state index in [1.54, 1.807) is 0 Å². The van der Waals surface area contributed by atoms with Crippen LogP contribution < -0.4 is 5.73 Å². The van der Waals surface area contributed by atoms with Gasteiger partial charge in [0.1, 0.15) is 0 Å². The van der Waals surface area contributed by atoms with Crippen molar-refractivity contribution in [2.75, 3.05) is 7.11 Å². The number of ether oxygens (including phenoxy) is 1. The van der Waals surface area contributed by atoms with Gasteiger partial charge in [-0.3, -0.25) is 4.79 Å². The normalized spacial score (nSPS) is 11.4. The van der Waals surface area contributed by atoms with Crippen LogP contribution in [0.5, 0.6) is 0 Å². The standard InChI is InChI=1S/C11H14BrNO2.ClH/c1-15-11(14)7-10(13)6-8-3-2-4-9(12)5-8;/h2-5,10H,6-7,13H2,1H3;1H/t10-;/m0./s1. The van der Waals surface area contributed by atoms with E-state index < -0.39 is 0 Å². The molecule has 0 fully saturated rings. The van der Waals surface area contributed by atoms with Crippen LogP contribution in [0.4, 0.5) is 0 Å². The van der Waals surface area contributed by atoms with Crippen LogP contribution in [0.2, 0.25) is 0 Å². The van der Waals surface area contributed by atoms with E-state index in [1.807, 2.05) is 24.3 Å². The van der Waals surface area contributed by atoms with E-state index >= 15 is 0 Å². The molecule has 0 saturated carbocycles. The Labute approximate surface area is 110 Å². The van der Waals surface area contributed by atoms with E-state index in [1.165, 1.54) is 7.11 Å². The summed E-state index contributed by atoms with van der Waals surface area (Å²) in [4.78, 5) is 11.0. The number of halogens is 2. The average molecular weight is 309 g/mol. The fraction of sp³-hybridized carbons (Fsp3) is 0.364. The summed E-state index contributed by atoms with van der Waals surface area (Å²) in [6.07, 6.45) is 0.928. The van der Waals surface area contributed by atoms with Crippen molar-refractivity contribution in [2.45, 2.75) is 18.9 Å². The third-order valence-electron chi connectivity index (χ3n) is 2.04. The Balaban J connectivity index is 0.00000225. The van der Waals surface area contributed by atoms with Crippen LogP contribution in [-0.4, -0.2) is 19.1 Å². The van der Waals surface area contributed by atoms with Gasteiger partial charge < -0.3 is 10.5 Å². The first-order chi connectivity index (χ1) is 7.11. The van der Waals surface area contributed by atoms with Gasteiger partial charge in [0.05, 0.1) is 13.5 Å². The predicted molar refractivity (Wildman–Crippen MR) is 69.7 cm³/mol. The lowest BCUT2D eigenvalue weighted by atomic mass is 10.0. The Morgan fingerprint density at radius 2 is 2.25 bits per heavy atom. The van der Waals surface area contributed by atoms with Crippen molar-refractivity contribution in [1.82, 2.24) is 0 Å². The highest BCUT2D eigenvalue weighted by Crippen LogP contribution is 2.13. The Kier molecular flexibility index (Phi) is 7.38. The van der Waals surface area contributed by atoms with E-state index in [0.29, 0.717) is 6.42 Å². The molecule has 0 heterocycles. The van der Waals surface area contributed by atoms with E-state index in [0.717, 1.165) is 10.0 Å². The number of carbonyl (C=O) groups excluding carboxylic acids is 1.